The maximum Gasteiger partial charge on any atom is 0.346 e. The standard InChI is InChI=1S/C15H20N2O4/c1-2-3-6-10(16)14(18)17-9-13(15(19)20)21-12-8-5-4-7-11(12)17/h4-5,7-8,10,13H,2-3,6,9,16H2,1H3,(H,19,20). The number of hydrogen-bond donors (Lipinski definition) is 2. The minimum Gasteiger partial charge on any atom is -0.478 e. The van der Waals surface area contributed by atoms with Crippen molar-refractivity contribution in [1.29, 1.82) is 0 Å². The quantitative estimate of drug-likeness (QED) is 0.855. The van der Waals surface area contributed by atoms with Gasteiger partial charge in [0.15, 0.2) is 0 Å². The minimum atomic E-state index is -1.09. The molecule has 1 aromatic carbocycles. The third-order valence-electron chi connectivity index (χ3n) is 3.50. The van der Waals surface area contributed by atoms with Gasteiger partial charge in [0.25, 0.3) is 0 Å². The Bertz CT molecular complexity index is 532. The summed E-state index contributed by atoms with van der Waals surface area (Å²) in [5.41, 5.74) is 6.51. The molecule has 1 aliphatic rings. The lowest BCUT2D eigenvalue weighted by Crippen LogP contribution is -2.52. The lowest BCUT2D eigenvalue weighted by molar-refractivity contribution is -0.145. The van der Waals surface area contributed by atoms with Crippen molar-refractivity contribution in [2.75, 3.05) is 11.4 Å². The largest absolute Gasteiger partial charge is 0.478 e. The van der Waals surface area contributed by atoms with E-state index in [-0.39, 0.29) is 12.5 Å². The molecule has 6 heteroatoms. The number of carboxylic acids is 1. The van der Waals surface area contributed by atoms with Crippen LogP contribution in [0.4, 0.5) is 5.69 Å². The fourth-order valence-corrected chi connectivity index (χ4v) is 2.32. The molecular weight excluding hydrogens is 272 g/mol. The van der Waals surface area contributed by atoms with Crippen LogP contribution in [0.1, 0.15) is 26.2 Å². The van der Waals surface area contributed by atoms with E-state index in [9.17, 15) is 9.59 Å². The van der Waals surface area contributed by atoms with Gasteiger partial charge >= 0.3 is 5.97 Å². The number of unbranched alkanes of at least 4 members (excludes halogenated alkanes) is 1. The number of carbonyl (C=O) groups is 2. The van der Waals surface area contributed by atoms with E-state index in [0.29, 0.717) is 17.9 Å². The van der Waals surface area contributed by atoms with E-state index >= 15 is 0 Å². The fraction of sp³-hybridized carbons (Fsp3) is 0.467. The molecule has 1 aromatic rings. The number of carboxylic acid groups (broad SMARTS) is 1. The molecule has 2 rings (SSSR count). The summed E-state index contributed by atoms with van der Waals surface area (Å²) in [5, 5.41) is 9.15. The summed E-state index contributed by atoms with van der Waals surface area (Å²) in [6, 6.07) is 6.29. The summed E-state index contributed by atoms with van der Waals surface area (Å²) >= 11 is 0. The predicted molar refractivity (Wildman–Crippen MR) is 78.3 cm³/mol. The Balaban J connectivity index is 2.24. The van der Waals surface area contributed by atoms with Crippen LogP contribution in [0.3, 0.4) is 0 Å². The summed E-state index contributed by atoms with van der Waals surface area (Å²) < 4.78 is 5.40. The first-order chi connectivity index (χ1) is 10.0. The lowest BCUT2D eigenvalue weighted by atomic mass is 10.1. The van der Waals surface area contributed by atoms with E-state index in [1.54, 1.807) is 24.3 Å². The molecule has 114 valence electrons. The molecule has 0 saturated carbocycles. The van der Waals surface area contributed by atoms with Crippen LogP contribution in [-0.4, -0.2) is 35.7 Å². The van der Waals surface area contributed by atoms with Crippen LogP contribution >= 0.6 is 0 Å². The first-order valence-corrected chi connectivity index (χ1v) is 7.10. The Morgan fingerprint density at radius 1 is 1.48 bits per heavy atom. The Hall–Kier alpha value is -2.08. The summed E-state index contributed by atoms with van der Waals surface area (Å²) in [4.78, 5) is 25.1. The van der Waals surface area contributed by atoms with Gasteiger partial charge in [0.05, 0.1) is 18.3 Å². The molecule has 3 N–H and O–H groups in total. The number of rotatable bonds is 5. The van der Waals surface area contributed by atoms with Crippen LogP contribution in [0, 0.1) is 0 Å². The number of nitrogens with zero attached hydrogens (tertiary/aromatic N) is 1. The highest BCUT2D eigenvalue weighted by atomic mass is 16.5. The highest BCUT2D eigenvalue weighted by molar-refractivity contribution is 5.99. The van der Waals surface area contributed by atoms with Crippen molar-refractivity contribution in [3.8, 4) is 5.75 Å². The fourth-order valence-electron chi connectivity index (χ4n) is 2.32. The van der Waals surface area contributed by atoms with Gasteiger partial charge in [-0.1, -0.05) is 31.9 Å². The molecule has 0 spiro atoms. The molecule has 1 amide bonds. The van der Waals surface area contributed by atoms with Crippen molar-refractivity contribution in [2.24, 2.45) is 5.73 Å². The topological polar surface area (TPSA) is 92.9 Å². The molecule has 6 nitrogen and oxygen atoms in total. The molecule has 0 aliphatic carbocycles. The Kier molecular flexibility index (Phi) is 4.80. The highest BCUT2D eigenvalue weighted by Crippen LogP contribution is 2.33. The SMILES string of the molecule is CCCCC(N)C(=O)N1CC(C(=O)O)Oc2ccccc21. The maximum atomic E-state index is 12.5. The van der Waals surface area contributed by atoms with Crippen molar-refractivity contribution in [1.82, 2.24) is 0 Å². The van der Waals surface area contributed by atoms with Gasteiger partial charge in [0.2, 0.25) is 12.0 Å². The maximum absolute atomic E-state index is 12.5. The van der Waals surface area contributed by atoms with Crippen molar-refractivity contribution in [3.05, 3.63) is 24.3 Å². The van der Waals surface area contributed by atoms with E-state index in [2.05, 4.69) is 0 Å². The molecule has 1 heterocycles. The smallest absolute Gasteiger partial charge is 0.346 e. The normalized spacial score (nSPS) is 18.6. The number of aliphatic carboxylic acids is 1. The number of ether oxygens (including phenoxy) is 1. The number of carbonyl (C=O) groups excluding carboxylic acids is 1. The summed E-state index contributed by atoms with van der Waals surface area (Å²) in [5.74, 6) is -0.956. The third-order valence-corrected chi connectivity index (χ3v) is 3.50. The zero-order chi connectivity index (χ0) is 15.4. The molecular formula is C15H20N2O4. The number of hydrogen-bond acceptors (Lipinski definition) is 4. The highest BCUT2D eigenvalue weighted by Gasteiger charge is 2.35. The number of benzene rings is 1. The van der Waals surface area contributed by atoms with Gasteiger partial charge < -0.3 is 20.5 Å². The average Bonchev–Trinajstić information content (AvgIpc) is 2.50. The van der Waals surface area contributed by atoms with Crippen LogP contribution in [0.15, 0.2) is 24.3 Å². The Morgan fingerprint density at radius 3 is 2.86 bits per heavy atom. The van der Waals surface area contributed by atoms with Gasteiger partial charge in [-0.05, 0) is 18.6 Å². The van der Waals surface area contributed by atoms with E-state index in [1.165, 1.54) is 4.90 Å². The first-order valence-electron chi connectivity index (χ1n) is 7.10. The molecule has 0 saturated heterocycles. The minimum absolute atomic E-state index is 0.0228. The van der Waals surface area contributed by atoms with Crippen LogP contribution in [-0.2, 0) is 9.59 Å². The van der Waals surface area contributed by atoms with E-state index in [0.717, 1.165) is 12.8 Å². The van der Waals surface area contributed by atoms with Crippen LogP contribution in [0.5, 0.6) is 5.75 Å². The van der Waals surface area contributed by atoms with Gasteiger partial charge in [-0.15, -0.1) is 0 Å². The molecule has 0 radical (unpaired) electrons. The van der Waals surface area contributed by atoms with E-state index < -0.39 is 18.1 Å². The number of nitrogens with two attached hydrogens (primary N) is 1. The van der Waals surface area contributed by atoms with Crippen molar-refractivity contribution < 1.29 is 19.4 Å². The van der Waals surface area contributed by atoms with Gasteiger partial charge in [0.1, 0.15) is 5.75 Å². The second-order valence-corrected chi connectivity index (χ2v) is 5.11. The Labute approximate surface area is 123 Å². The zero-order valence-corrected chi connectivity index (χ0v) is 12.0. The summed E-state index contributed by atoms with van der Waals surface area (Å²) in [6.45, 7) is 2.01. The summed E-state index contributed by atoms with van der Waals surface area (Å²) in [6.07, 6.45) is 1.34. The molecule has 0 aromatic heterocycles. The molecule has 21 heavy (non-hydrogen) atoms. The zero-order valence-electron chi connectivity index (χ0n) is 12.0. The molecule has 0 bridgehead atoms. The molecule has 1 aliphatic heterocycles. The van der Waals surface area contributed by atoms with E-state index in [4.69, 9.17) is 15.6 Å². The van der Waals surface area contributed by atoms with Crippen LogP contribution < -0.4 is 15.4 Å². The number of anilines is 1. The lowest BCUT2D eigenvalue weighted by Gasteiger charge is -2.34. The Morgan fingerprint density at radius 2 is 2.19 bits per heavy atom. The van der Waals surface area contributed by atoms with Crippen molar-refractivity contribution >= 4 is 17.6 Å². The second kappa shape index (κ2) is 6.58. The molecule has 0 fully saturated rings. The monoisotopic (exact) mass is 292 g/mol. The average molecular weight is 292 g/mol. The van der Waals surface area contributed by atoms with Gasteiger partial charge in [-0.3, -0.25) is 4.79 Å². The van der Waals surface area contributed by atoms with Crippen LogP contribution in [0.25, 0.3) is 0 Å². The van der Waals surface area contributed by atoms with Crippen molar-refractivity contribution in [2.45, 2.75) is 38.3 Å². The second-order valence-electron chi connectivity index (χ2n) is 5.11. The van der Waals surface area contributed by atoms with Crippen LogP contribution in [0.2, 0.25) is 0 Å². The van der Waals surface area contributed by atoms with Crippen molar-refractivity contribution in [3.63, 3.8) is 0 Å². The molecule has 2 atom stereocenters. The van der Waals surface area contributed by atoms with Gasteiger partial charge in [0, 0.05) is 0 Å². The van der Waals surface area contributed by atoms with Gasteiger partial charge in [-0.2, -0.15) is 0 Å². The number of para-hydroxylation sites is 2. The van der Waals surface area contributed by atoms with E-state index in [1.807, 2.05) is 6.92 Å². The summed E-state index contributed by atoms with van der Waals surface area (Å²) in [7, 11) is 0. The first kappa shape index (κ1) is 15.3. The number of fused-ring (bicyclic) bond motifs is 1. The molecule has 2 unspecified atom stereocenters. The predicted octanol–water partition coefficient (Wildman–Crippen LogP) is 1.38. The number of amides is 1. The third kappa shape index (κ3) is 3.33. The van der Waals surface area contributed by atoms with Gasteiger partial charge in [-0.25, -0.2) is 4.79 Å².